The number of ketones is 1. The lowest BCUT2D eigenvalue weighted by Gasteiger charge is -2.16. The highest BCUT2D eigenvalue weighted by Gasteiger charge is 2.20. The predicted molar refractivity (Wildman–Crippen MR) is 95.4 cm³/mol. The van der Waals surface area contributed by atoms with Crippen molar-refractivity contribution in [2.45, 2.75) is 20.8 Å². The molecule has 0 fully saturated rings. The number of benzene rings is 1. The number of hydrogen-bond donors (Lipinski definition) is 1. The summed E-state index contributed by atoms with van der Waals surface area (Å²) in [4.78, 5) is 27.1. The number of hydrogen-bond acceptors (Lipinski definition) is 6. The molecule has 0 saturated heterocycles. The van der Waals surface area contributed by atoms with Crippen LogP contribution in [0.2, 0.25) is 0 Å². The van der Waals surface area contributed by atoms with Gasteiger partial charge in [-0.2, -0.15) is 0 Å². The van der Waals surface area contributed by atoms with Crippen LogP contribution in [0.25, 0.3) is 0 Å². The summed E-state index contributed by atoms with van der Waals surface area (Å²) in [6.45, 7) is 6.37. The number of ether oxygens (including phenoxy) is 4. The van der Waals surface area contributed by atoms with E-state index in [1.807, 2.05) is 20.8 Å². The van der Waals surface area contributed by atoms with Gasteiger partial charge in [0.2, 0.25) is 11.5 Å². The maximum absolute atomic E-state index is 12.4. The summed E-state index contributed by atoms with van der Waals surface area (Å²) >= 11 is 0. The quantitative estimate of drug-likeness (QED) is 0.516. The Kier molecular flexibility index (Phi) is 7.08. The van der Waals surface area contributed by atoms with Gasteiger partial charge < -0.3 is 23.9 Å². The van der Waals surface area contributed by atoms with Crippen LogP contribution in [0.4, 0.5) is 0 Å². The molecule has 0 radical (unpaired) electrons. The van der Waals surface area contributed by atoms with Gasteiger partial charge in [0, 0.05) is 6.20 Å². The zero-order chi connectivity index (χ0) is 18.9. The molecule has 0 amide bonds. The molecule has 2 rings (SSSR count). The van der Waals surface area contributed by atoms with Gasteiger partial charge in [-0.05, 0) is 45.0 Å². The van der Waals surface area contributed by atoms with Gasteiger partial charge in [0.25, 0.3) is 0 Å². The predicted octanol–water partition coefficient (Wildman–Crippen LogP) is 3.25. The number of aromatic amines is 1. The first kappa shape index (κ1) is 19.4. The molecular weight excluding hydrogens is 338 g/mol. The van der Waals surface area contributed by atoms with Gasteiger partial charge >= 0.3 is 5.97 Å². The van der Waals surface area contributed by atoms with Gasteiger partial charge in [0.15, 0.2) is 18.1 Å². The maximum atomic E-state index is 12.4. The first-order valence-electron chi connectivity index (χ1n) is 8.50. The number of rotatable bonds is 10. The summed E-state index contributed by atoms with van der Waals surface area (Å²) in [5, 5.41) is 0. The molecule has 2 aromatic rings. The number of H-pyrrole nitrogens is 1. The van der Waals surface area contributed by atoms with E-state index >= 15 is 0 Å². The van der Waals surface area contributed by atoms with Crippen LogP contribution in [0, 0.1) is 0 Å². The van der Waals surface area contributed by atoms with E-state index in [-0.39, 0.29) is 18.0 Å². The van der Waals surface area contributed by atoms with E-state index < -0.39 is 5.97 Å². The second kappa shape index (κ2) is 9.50. The third kappa shape index (κ3) is 4.78. The Morgan fingerprint density at radius 2 is 1.58 bits per heavy atom. The molecule has 1 N–H and O–H groups in total. The molecule has 0 unspecified atom stereocenters. The molecule has 0 saturated carbocycles. The van der Waals surface area contributed by atoms with Gasteiger partial charge in [-0.3, -0.25) is 4.79 Å². The van der Waals surface area contributed by atoms with Crippen molar-refractivity contribution >= 4 is 11.8 Å². The third-order valence-electron chi connectivity index (χ3n) is 3.38. The second-order valence-electron chi connectivity index (χ2n) is 5.18. The van der Waals surface area contributed by atoms with Crippen molar-refractivity contribution in [1.82, 2.24) is 4.98 Å². The van der Waals surface area contributed by atoms with Gasteiger partial charge in [-0.25, -0.2) is 4.79 Å². The van der Waals surface area contributed by atoms with Crippen molar-refractivity contribution in [2.24, 2.45) is 0 Å². The van der Waals surface area contributed by atoms with Crippen LogP contribution in [-0.4, -0.2) is 43.2 Å². The lowest BCUT2D eigenvalue weighted by atomic mass is 10.2. The molecule has 0 bridgehead atoms. The van der Waals surface area contributed by atoms with Gasteiger partial charge in [-0.15, -0.1) is 0 Å². The minimum Gasteiger partial charge on any atom is -0.490 e. The van der Waals surface area contributed by atoms with Crippen LogP contribution in [0.5, 0.6) is 17.2 Å². The molecule has 26 heavy (non-hydrogen) atoms. The number of esters is 1. The zero-order valence-electron chi connectivity index (χ0n) is 15.2. The van der Waals surface area contributed by atoms with Crippen molar-refractivity contribution in [3.8, 4) is 17.2 Å². The Morgan fingerprint density at radius 1 is 0.962 bits per heavy atom. The molecule has 7 heteroatoms. The van der Waals surface area contributed by atoms with Crippen molar-refractivity contribution in [3.63, 3.8) is 0 Å². The number of nitrogens with one attached hydrogen (secondary N) is 1. The fraction of sp³-hybridized carbons (Fsp3) is 0.368. The van der Waals surface area contributed by atoms with Crippen LogP contribution >= 0.6 is 0 Å². The highest BCUT2D eigenvalue weighted by Crippen LogP contribution is 2.39. The van der Waals surface area contributed by atoms with E-state index in [0.29, 0.717) is 42.8 Å². The van der Waals surface area contributed by atoms with Gasteiger partial charge in [0.1, 0.15) is 0 Å². The molecule has 1 heterocycles. The average Bonchev–Trinajstić information content (AvgIpc) is 3.17. The summed E-state index contributed by atoms with van der Waals surface area (Å²) in [5.41, 5.74) is 0.606. The molecular formula is C19H23NO6. The molecule has 1 aromatic carbocycles. The molecule has 140 valence electrons. The lowest BCUT2D eigenvalue weighted by molar-refractivity contribution is 0.0472. The summed E-state index contributed by atoms with van der Waals surface area (Å²) in [5.74, 6) is 0.264. The summed E-state index contributed by atoms with van der Waals surface area (Å²) < 4.78 is 21.8. The van der Waals surface area contributed by atoms with Crippen LogP contribution in [0.15, 0.2) is 30.5 Å². The van der Waals surface area contributed by atoms with Crippen molar-refractivity contribution in [3.05, 3.63) is 41.7 Å². The molecule has 7 nitrogen and oxygen atoms in total. The van der Waals surface area contributed by atoms with Crippen LogP contribution in [0.1, 0.15) is 41.6 Å². The Balaban J connectivity index is 2.20. The molecule has 0 aliphatic carbocycles. The van der Waals surface area contributed by atoms with E-state index in [9.17, 15) is 9.59 Å². The Labute approximate surface area is 152 Å². The Bertz CT molecular complexity index is 711. The second-order valence-corrected chi connectivity index (χ2v) is 5.18. The fourth-order valence-electron chi connectivity index (χ4n) is 2.30. The highest BCUT2D eigenvalue weighted by molar-refractivity contribution is 5.98. The number of Topliss-reactive ketones (excluding diaryl/α,β-unsaturated/α-hetero) is 1. The SMILES string of the molecule is CCOc1cc(C(=O)OCC(=O)c2ccc[nH]2)cc(OCC)c1OCC. The largest absolute Gasteiger partial charge is 0.490 e. The van der Waals surface area contributed by atoms with E-state index in [1.54, 1.807) is 18.3 Å². The van der Waals surface area contributed by atoms with Gasteiger partial charge in [0.05, 0.1) is 31.1 Å². The van der Waals surface area contributed by atoms with Crippen LogP contribution in [-0.2, 0) is 4.74 Å². The Morgan fingerprint density at radius 3 is 2.08 bits per heavy atom. The van der Waals surface area contributed by atoms with Crippen molar-refractivity contribution < 1.29 is 28.5 Å². The number of carbonyl (C=O) groups is 2. The number of carbonyl (C=O) groups excluding carboxylic acids is 2. The molecule has 1 aromatic heterocycles. The summed E-state index contributed by atoms with van der Waals surface area (Å²) in [6, 6.07) is 6.37. The molecule has 0 spiro atoms. The minimum absolute atomic E-state index is 0.222. The van der Waals surface area contributed by atoms with E-state index in [4.69, 9.17) is 18.9 Å². The monoisotopic (exact) mass is 361 g/mol. The first-order valence-corrected chi connectivity index (χ1v) is 8.50. The van der Waals surface area contributed by atoms with Crippen molar-refractivity contribution in [2.75, 3.05) is 26.4 Å². The van der Waals surface area contributed by atoms with Crippen molar-refractivity contribution in [1.29, 1.82) is 0 Å². The smallest absolute Gasteiger partial charge is 0.338 e. The molecule has 0 atom stereocenters. The topological polar surface area (TPSA) is 86.9 Å². The standard InChI is InChI=1S/C19H23NO6/c1-4-23-16-10-13(11-17(24-5-2)18(16)25-6-3)19(22)26-12-15(21)14-8-7-9-20-14/h7-11,20H,4-6,12H2,1-3H3. The highest BCUT2D eigenvalue weighted by atomic mass is 16.5. The first-order chi connectivity index (χ1) is 12.6. The van der Waals surface area contributed by atoms with E-state index in [1.165, 1.54) is 12.1 Å². The average molecular weight is 361 g/mol. The Hall–Kier alpha value is -2.96. The van der Waals surface area contributed by atoms with E-state index in [0.717, 1.165) is 0 Å². The van der Waals surface area contributed by atoms with Gasteiger partial charge in [-0.1, -0.05) is 0 Å². The minimum atomic E-state index is -0.644. The molecule has 0 aliphatic heterocycles. The molecule has 0 aliphatic rings. The number of aromatic nitrogens is 1. The zero-order valence-corrected chi connectivity index (χ0v) is 15.2. The van der Waals surface area contributed by atoms with Crippen LogP contribution in [0.3, 0.4) is 0 Å². The summed E-state index contributed by atoms with van der Waals surface area (Å²) in [6.07, 6.45) is 1.63. The fourth-order valence-corrected chi connectivity index (χ4v) is 2.30. The van der Waals surface area contributed by atoms with Crippen LogP contribution < -0.4 is 14.2 Å². The third-order valence-corrected chi connectivity index (χ3v) is 3.38. The van der Waals surface area contributed by atoms with E-state index in [2.05, 4.69) is 4.98 Å². The maximum Gasteiger partial charge on any atom is 0.338 e. The normalized spacial score (nSPS) is 10.3. The lowest BCUT2D eigenvalue weighted by Crippen LogP contribution is -2.15. The summed E-state index contributed by atoms with van der Waals surface area (Å²) in [7, 11) is 0.